The SMILES string of the molecule is COc1ccc(CCC(=O)N(C)C2CCS(=O)(=O)C2)cc1Br. The Morgan fingerprint density at radius 2 is 2.18 bits per heavy atom. The number of nitrogens with zero attached hydrogens (tertiary/aromatic N) is 1. The molecule has 1 heterocycles. The maximum Gasteiger partial charge on any atom is 0.222 e. The highest BCUT2D eigenvalue weighted by molar-refractivity contribution is 9.10. The Hall–Kier alpha value is -1.08. The summed E-state index contributed by atoms with van der Waals surface area (Å²) < 4.78 is 29.0. The van der Waals surface area contributed by atoms with Crippen LogP contribution in [0.25, 0.3) is 0 Å². The lowest BCUT2D eigenvalue weighted by Gasteiger charge is -2.23. The zero-order valence-corrected chi connectivity index (χ0v) is 15.1. The maximum absolute atomic E-state index is 12.2. The highest BCUT2D eigenvalue weighted by Crippen LogP contribution is 2.26. The monoisotopic (exact) mass is 389 g/mol. The van der Waals surface area contributed by atoms with Gasteiger partial charge in [-0.15, -0.1) is 0 Å². The van der Waals surface area contributed by atoms with E-state index in [9.17, 15) is 13.2 Å². The van der Waals surface area contributed by atoms with Gasteiger partial charge in [0.05, 0.1) is 23.1 Å². The van der Waals surface area contributed by atoms with Crippen LogP contribution in [-0.4, -0.2) is 50.9 Å². The first-order valence-electron chi connectivity index (χ1n) is 7.11. The fourth-order valence-electron chi connectivity index (χ4n) is 2.58. The summed E-state index contributed by atoms with van der Waals surface area (Å²) >= 11 is 3.42. The van der Waals surface area contributed by atoms with Crippen LogP contribution in [0.4, 0.5) is 0 Å². The molecule has 5 nitrogen and oxygen atoms in total. The van der Waals surface area contributed by atoms with Crippen molar-refractivity contribution in [3.63, 3.8) is 0 Å². The molecule has 1 aliphatic rings. The molecule has 1 aromatic rings. The number of ether oxygens (including phenoxy) is 1. The molecular weight excluding hydrogens is 370 g/mol. The number of benzene rings is 1. The number of amides is 1. The predicted octanol–water partition coefficient (Wildman–Crippen LogP) is 2.04. The van der Waals surface area contributed by atoms with Gasteiger partial charge in [-0.05, 0) is 46.5 Å². The highest BCUT2D eigenvalue weighted by Gasteiger charge is 2.32. The summed E-state index contributed by atoms with van der Waals surface area (Å²) in [5, 5.41) is 0. The van der Waals surface area contributed by atoms with Crippen LogP contribution in [0.3, 0.4) is 0 Å². The van der Waals surface area contributed by atoms with Crippen LogP contribution in [0.1, 0.15) is 18.4 Å². The third kappa shape index (κ3) is 4.23. The van der Waals surface area contributed by atoms with Gasteiger partial charge < -0.3 is 9.64 Å². The second-order valence-corrected chi connectivity index (χ2v) is 8.61. The Labute approximate surface area is 139 Å². The number of aryl methyl sites for hydroxylation is 1. The van der Waals surface area contributed by atoms with Crippen molar-refractivity contribution in [2.24, 2.45) is 0 Å². The maximum atomic E-state index is 12.2. The topological polar surface area (TPSA) is 63.7 Å². The van der Waals surface area contributed by atoms with E-state index in [4.69, 9.17) is 4.74 Å². The Morgan fingerprint density at radius 1 is 1.45 bits per heavy atom. The number of methoxy groups -OCH3 is 1. The minimum atomic E-state index is -2.97. The molecule has 1 fully saturated rings. The summed E-state index contributed by atoms with van der Waals surface area (Å²) in [6.45, 7) is 0. The van der Waals surface area contributed by atoms with Gasteiger partial charge >= 0.3 is 0 Å². The van der Waals surface area contributed by atoms with Gasteiger partial charge in [0.15, 0.2) is 9.84 Å². The van der Waals surface area contributed by atoms with Crippen molar-refractivity contribution in [1.29, 1.82) is 0 Å². The van der Waals surface area contributed by atoms with Crippen molar-refractivity contribution in [3.05, 3.63) is 28.2 Å². The van der Waals surface area contributed by atoms with E-state index in [2.05, 4.69) is 15.9 Å². The average Bonchev–Trinajstić information content (AvgIpc) is 2.84. The molecule has 2 rings (SSSR count). The minimum absolute atomic E-state index is 0.0194. The molecule has 1 saturated heterocycles. The molecule has 1 aliphatic heterocycles. The fourth-order valence-corrected chi connectivity index (χ4v) is 4.94. The molecule has 1 amide bonds. The first-order valence-corrected chi connectivity index (χ1v) is 9.72. The van der Waals surface area contributed by atoms with Crippen LogP contribution in [0.5, 0.6) is 5.75 Å². The fraction of sp³-hybridized carbons (Fsp3) is 0.533. The van der Waals surface area contributed by atoms with E-state index in [0.717, 1.165) is 15.8 Å². The third-order valence-corrected chi connectivity index (χ3v) is 6.36. The quantitative estimate of drug-likeness (QED) is 0.772. The molecule has 22 heavy (non-hydrogen) atoms. The minimum Gasteiger partial charge on any atom is -0.496 e. The Kier molecular flexibility index (Phi) is 5.50. The number of hydrogen-bond donors (Lipinski definition) is 0. The van der Waals surface area contributed by atoms with Crippen molar-refractivity contribution in [2.45, 2.75) is 25.3 Å². The van der Waals surface area contributed by atoms with Crippen molar-refractivity contribution < 1.29 is 17.9 Å². The molecule has 1 unspecified atom stereocenters. The molecule has 1 atom stereocenters. The zero-order chi connectivity index (χ0) is 16.3. The molecule has 0 bridgehead atoms. The number of hydrogen-bond acceptors (Lipinski definition) is 4. The molecular formula is C15H20BrNO4S. The number of sulfone groups is 1. The van der Waals surface area contributed by atoms with Crippen molar-refractivity contribution in [2.75, 3.05) is 25.7 Å². The van der Waals surface area contributed by atoms with Crippen molar-refractivity contribution in [1.82, 2.24) is 4.90 Å². The lowest BCUT2D eigenvalue weighted by Crippen LogP contribution is -2.37. The second kappa shape index (κ2) is 7.00. The molecule has 7 heteroatoms. The summed E-state index contributed by atoms with van der Waals surface area (Å²) in [4.78, 5) is 13.8. The third-order valence-electron chi connectivity index (χ3n) is 3.99. The van der Waals surface area contributed by atoms with Gasteiger partial charge in [-0.3, -0.25) is 4.79 Å². The summed E-state index contributed by atoms with van der Waals surface area (Å²) in [5.74, 6) is 1.00. The van der Waals surface area contributed by atoms with E-state index in [0.29, 0.717) is 19.3 Å². The number of rotatable bonds is 5. The van der Waals surface area contributed by atoms with Gasteiger partial charge in [0, 0.05) is 19.5 Å². The molecule has 0 radical (unpaired) electrons. The lowest BCUT2D eigenvalue weighted by molar-refractivity contribution is -0.131. The normalized spacial score (nSPS) is 19.9. The van der Waals surface area contributed by atoms with E-state index in [-0.39, 0.29) is 23.5 Å². The molecule has 1 aromatic carbocycles. The van der Waals surface area contributed by atoms with Crippen LogP contribution in [-0.2, 0) is 21.1 Å². The number of carbonyl (C=O) groups excluding carboxylic acids is 1. The number of halogens is 1. The second-order valence-electron chi connectivity index (χ2n) is 5.53. The zero-order valence-electron chi connectivity index (χ0n) is 12.7. The van der Waals surface area contributed by atoms with E-state index >= 15 is 0 Å². The largest absolute Gasteiger partial charge is 0.496 e. The first-order chi connectivity index (χ1) is 10.3. The summed E-state index contributed by atoms with van der Waals surface area (Å²) in [6.07, 6.45) is 1.52. The molecule has 0 saturated carbocycles. The highest BCUT2D eigenvalue weighted by atomic mass is 79.9. The van der Waals surface area contributed by atoms with Gasteiger partial charge in [-0.1, -0.05) is 6.07 Å². The van der Waals surface area contributed by atoms with E-state index in [1.54, 1.807) is 19.1 Å². The van der Waals surface area contributed by atoms with Gasteiger partial charge in [-0.25, -0.2) is 8.42 Å². The average molecular weight is 390 g/mol. The standard InChI is InChI=1S/C15H20BrNO4S/c1-17(12-7-8-22(19,20)10-12)15(18)6-4-11-3-5-14(21-2)13(16)9-11/h3,5,9,12H,4,6-8,10H2,1-2H3. The van der Waals surface area contributed by atoms with E-state index in [1.165, 1.54) is 0 Å². The van der Waals surface area contributed by atoms with Crippen LogP contribution in [0.2, 0.25) is 0 Å². The molecule has 0 spiro atoms. The van der Waals surface area contributed by atoms with Crippen LogP contribution >= 0.6 is 15.9 Å². The Bertz CT molecular complexity index is 660. The van der Waals surface area contributed by atoms with Crippen LogP contribution in [0, 0.1) is 0 Å². The molecule has 122 valence electrons. The summed E-state index contributed by atoms with van der Waals surface area (Å²) in [6, 6.07) is 5.54. The van der Waals surface area contributed by atoms with E-state index in [1.807, 2.05) is 18.2 Å². The smallest absolute Gasteiger partial charge is 0.222 e. The van der Waals surface area contributed by atoms with Crippen LogP contribution < -0.4 is 4.74 Å². The van der Waals surface area contributed by atoms with Gasteiger partial charge in [-0.2, -0.15) is 0 Å². The Morgan fingerprint density at radius 3 is 2.73 bits per heavy atom. The molecule has 0 aromatic heterocycles. The number of carbonyl (C=O) groups is 1. The van der Waals surface area contributed by atoms with Crippen LogP contribution in [0.15, 0.2) is 22.7 Å². The van der Waals surface area contributed by atoms with Gasteiger partial charge in [0.2, 0.25) is 5.91 Å². The lowest BCUT2D eigenvalue weighted by atomic mass is 10.1. The molecule has 0 N–H and O–H groups in total. The van der Waals surface area contributed by atoms with Gasteiger partial charge in [0.1, 0.15) is 5.75 Å². The predicted molar refractivity (Wildman–Crippen MR) is 88.8 cm³/mol. The van der Waals surface area contributed by atoms with E-state index < -0.39 is 9.84 Å². The van der Waals surface area contributed by atoms with Crippen molar-refractivity contribution in [3.8, 4) is 5.75 Å². The van der Waals surface area contributed by atoms with Crippen molar-refractivity contribution >= 4 is 31.7 Å². The summed E-state index contributed by atoms with van der Waals surface area (Å²) in [7, 11) is 0.329. The summed E-state index contributed by atoms with van der Waals surface area (Å²) in [5.41, 5.74) is 1.04. The Balaban J connectivity index is 1.91. The van der Waals surface area contributed by atoms with Gasteiger partial charge in [0.25, 0.3) is 0 Å². The molecule has 0 aliphatic carbocycles. The first kappa shape index (κ1) is 17.3.